The van der Waals surface area contributed by atoms with Crippen LogP contribution in [-0.2, 0) is 0 Å². The molecule has 1 N–H and O–H groups in total. The average Bonchev–Trinajstić information content (AvgIpc) is 2.27. The summed E-state index contributed by atoms with van der Waals surface area (Å²) in [5.41, 5.74) is -3.00. The van der Waals surface area contributed by atoms with Gasteiger partial charge in [-0.3, -0.25) is 30.3 Å². The Kier molecular flexibility index (Phi) is 6.90. The molecule has 0 aliphatic carbocycles. The van der Waals surface area contributed by atoms with E-state index in [1.165, 1.54) is 0 Å². The molecule has 0 atom stereocenters. The second kappa shape index (κ2) is 7.62. The van der Waals surface area contributed by atoms with E-state index in [-0.39, 0.29) is 0 Å². The number of alkyl halides is 3. The van der Waals surface area contributed by atoms with Crippen LogP contribution in [0.3, 0.4) is 0 Å². The fourth-order valence-corrected chi connectivity index (χ4v) is 0.974. The van der Waals surface area contributed by atoms with Gasteiger partial charge in [-0.2, -0.15) is 0 Å². The first-order valence-corrected chi connectivity index (χ1v) is 5.61. The van der Waals surface area contributed by atoms with Crippen molar-refractivity contribution < 1.29 is 19.9 Å². The number of hydrogen-bond donors (Lipinski definition) is 1. The summed E-state index contributed by atoms with van der Waals surface area (Å²) in [6.45, 7) is 0. The molecule has 0 bridgehead atoms. The lowest BCUT2D eigenvalue weighted by Crippen LogP contribution is -1.97. The van der Waals surface area contributed by atoms with Crippen LogP contribution in [0.1, 0.15) is 0 Å². The summed E-state index contributed by atoms with van der Waals surface area (Å²) < 4.78 is -0.750. The number of hydrogen-bond acceptors (Lipinski definition) is 7. The Labute approximate surface area is 124 Å². The maximum Gasteiger partial charge on any atom is 0.324 e. The molecule has 0 aromatic heterocycles. The van der Waals surface area contributed by atoms with Crippen LogP contribution in [-0.4, -0.2) is 24.2 Å². The number of nitrogens with zero attached hydrogens (tertiary/aromatic N) is 3. The van der Waals surface area contributed by atoms with Gasteiger partial charge >= 0.3 is 11.4 Å². The minimum absolute atomic E-state index is 0.447. The van der Waals surface area contributed by atoms with Gasteiger partial charge in [0.2, 0.25) is 0 Å². The Morgan fingerprint density at radius 3 is 1.40 bits per heavy atom. The molecule has 0 saturated heterocycles. The molecule has 0 fully saturated rings. The fourth-order valence-electron chi connectivity index (χ4n) is 0.974. The zero-order chi connectivity index (χ0) is 16.0. The van der Waals surface area contributed by atoms with Crippen LogP contribution in [0.2, 0.25) is 0 Å². The molecule has 0 radical (unpaired) electrons. The van der Waals surface area contributed by atoms with Gasteiger partial charge in [-0.05, 0) is 0 Å². The van der Waals surface area contributed by atoms with Crippen molar-refractivity contribution in [1.29, 1.82) is 0 Å². The van der Waals surface area contributed by atoms with E-state index in [9.17, 15) is 30.3 Å². The van der Waals surface area contributed by atoms with Gasteiger partial charge < -0.3 is 5.11 Å². The summed E-state index contributed by atoms with van der Waals surface area (Å²) >= 11 is 14.4. The van der Waals surface area contributed by atoms with E-state index in [4.69, 9.17) is 39.9 Å². The monoisotopic (exact) mass is 347 g/mol. The summed E-state index contributed by atoms with van der Waals surface area (Å²) in [5, 5.41) is 40.2. The van der Waals surface area contributed by atoms with Crippen LogP contribution in [0.5, 0.6) is 5.75 Å². The lowest BCUT2D eigenvalue weighted by molar-refractivity contribution is -0.404. The number of aromatic hydroxyl groups is 1. The molecule has 13 heteroatoms. The standard InChI is InChI=1S/C6H3N3O7.CHCl3/c10-6-4(8(13)14)1-3(7(11)12)2-5(6)9(15)16;2-1(3)4/h1-2,10H;1H. The number of benzene rings is 1. The number of nitro groups is 3. The summed E-state index contributed by atoms with van der Waals surface area (Å²) in [4.78, 5) is 27.8. The van der Waals surface area contributed by atoms with E-state index in [1.54, 1.807) is 0 Å². The zero-order valence-corrected chi connectivity index (χ0v) is 11.4. The second-order valence-electron chi connectivity index (χ2n) is 2.85. The molecular formula is C7H4Cl3N3O7. The van der Waals surface area contributed by atoms with Crippen molar-refractivity contribution in [3.8, 4) is 5.75 Å². The lowest BCUT2D eigenvalue weighted by atomic mass is 10.2. The highest BCUT2D eigenvalue weighted by molar-refractivity contribution is 6.63. The van der Waals surface area contributed by atoms with Gasteiger partial charge in [-0.15, -0.1) is 0 Å². The molecule has 0 amide bonds. The molecule has 1 aromatic rings. The predicted molar refractivity (Wildman–Crippen MR) is 69.4 cm³/mol. The van der Waals surface area contributed by atoms with Crippen LogP contribution in [0.25, 0.3) is 0 Å². The first kappa shape index (κ1) is 18.1. The Morgan fingerprint density at radius 1 is 0.900 bits per heavy atom. The minimum Gasteiger partial charge on any atom is -0.497 e. The Bertz CT molecular complexity index is 513. The quantitative estimate of drug-likeness (QED) is 0.500. The SMILES string of the molecule is ClC(Cl)Cl.O=[N+]([O-])c1cc([N+](=O)[O-])c(O)c([N+](=O)[O-])c1. The van der Waals surface area contributed by atoms with Gasteiger partial charge in [0.05, 0.1) is 26.9 Å². The third-order valence-corrected chi connectivity index (χ3v) is 1.66. The Balaban J connectivity index is 0.000000796. The van der Waals surface area contributed by atoms with Crippen molar-refractivity contribution >= 4 is 51.9 Å². The third-order valence-electron chi connectivity index (χ3n) is 1.66. The molecule has 20 heavy (non-hydrogen) atoms. The number of non-ortho nitro benzene ring substituents is 1. The van der Waals surface area contributed by atoms with Crippen molar-refractivity contribution in [1.82, 2.24) is 0 Å². The van der Waals surface area contributed by atoms with Crippen molar-refractivity contribution in [2.75, 3.05) is 0 Å². The molecule has 0 unspecified atom stereocenters. The predicted octanol–water partition coefficient (Wildman–Crippen LogP) is 3.10. The van der Waals surface area contributed by atoms with E-state index in [0.29, 0.717) is 12.1 Å². The van der Waals surface area contributed by atoms with Crippen LogP contribution < -0.4 is 0 Å². The van der Waals surface area contributed by atoms with Crippen LogP contribution in [0, 0.1) is 30.3 Å². The molecule has 1 rings (SSSR count). The molecule has 0 aliphatic rings. The first-order valence-electron chi connectivity index (χ1n) is 4.30. The minimum atomic E-state index is -1.21. The van der Waals surface area contributed by atoms with Crippen molar-refractivity contribution in [3.05, 3.63) is 42.5 Å². The fraction of sp³-hybridized carbons (Fsp3) is 0.143. The largest absolute Gasteiger partial charge is 0.497 e. The molecule has 0 aliphatic heterocycles. The van der Waals surface area contributed by atoms with Crippen LogP contribution >= 0.6 is 34.8 Å². The highest BCUT2D eigenvalue weighted by Gasteiger charge is 2.29. The molecular weight excluding hydrogens is 344 g/mol. The summed E-state index contributed by atoms with van der Waals surface area (Å²) in [7, 11) is 0. The summed E-state index contributed by atoms with van der Waals surface area (Å²) in [6.07, 6.45) is 0. The maximum atomic E-state index is 10.4. The van der Waals surface area contributed by atoms with Gasteiger partial charge in [-0.25, -0.2) is 0 Å². The first-order chi connectivity index (χ1) is 9.07. The van der Waals surface area contributed by atoms with Gasteiger partial charge in [0, 0.05) is 0 Å². The molecule has 110 valence electrons. The number of phenolic OH excluding ortho intramolecular Hbond substituents is 1. The second-order valence-corrected chi connectivity index (χ2v) is 4.83. The Hall–Kier alpha value is -1.91. The molecule has 1 aromatic carbocycles. The maximum absolute atomic E-state index is 10.4. The van der Waals surface area contributed by atoms with Gasteiger partial charge in [-0.1, -0.05) is 34.8 Å². The van der Waals surface area contributed by atoms with Crippen LogP contribution in [0.15, 0.2) is 12.1 Å². The number of rotatable bonds is 3. The number of nitro benzene ring substituents is 3. The zero-order valence-electron chi connectivity index (χ0n) is 9.10. The van der Waals surface area contributed by atoms with Gasteiger partial charge in [0.25, 0.3) is 11.4 Å². The van der Waals surface area contributed by atoms with Crippen molar-refractivity contribution in [2.45, 2.75) is 4.30 Å². The summed E-state index contributed by atoms with van der Waals surface area (Å²) in [6, 6.07) is 0.894. The van der Waals surface area contributed by atoms with E-state index < -0.39 is 41.9 Å². The van der Waals surface area contributed by atoms with Crippen LogP contribution in [0.4, 0.5) is 17.1 Å². The average molecular weight is 348 g/mol. The molecule has 0 saturated carbocycles. The molecule has 0 spiro atoms. The number of phenols is 1. The van der Waals surface area contributed by atoms with Gasteiger partial charge in [0.15, 0.2) is 4.30 Å². The van der Waals surface area contributed by atoms with E-state index >= 15 is 0 Å². The molecule has 10 nitrogen and oxygen atoms in total. The van der Waals surface area contributed by atoms with Crippen molar-refractivity contribution in [3.63, 3.8) is 0 Å². The van der Waals surface area contributed by atoms with E-state index in [2.05, 4.69) is 0 Å². The normalized spacial score (nSPS) is 9.60. The highest BCUT2D eigenvalue weighted by atomic mass is 35.6. The smallest absolute Gasteiger partial charge is 0.324 e. The molecule has 0 heterocycles. The number of halogens is 3. The van der Waals surface area contributed by atoms with E-state index in [1.807, 2.05) is 0 Å². The topological polar surface area (TPSA) is 150 Å². The van der Waals surface area contributed by atoms with E-state index in [0.717, 1.165) is 0 Å². The van der Waals surface area contributed by atoms with Gasteiger partial charge in [0.1, 0.15) is 0 Å². The summed E-state index contributed by atoms with van der Waals surface area (Å²) in [5.74, 6) is -1.21. The van der Waals surface area contributed by atoms with Crippen molar-refractivity contribution in [2.24, 2.45) is 0 Å². The lowest BCUT2D eigenvalue weighted by Gasteiger charge is -1.97. The highest BCUT2D eigenvalue weighted by Crippen LogP contribution is 2.38. The Morgan fingerprint density at radius 2 is 1.20 bits per heavy atom. The third kappa shape index (κ3) is 5.38.